The van der Waals surface area contributed by atoms with Crippen molar-refractivity contribution in [3.63, 3.8) is 0 Å². The van der Waals surface area contributed by atoms with E-state index < -0.39 is 18.0 Å². The van der Waals surface area contributed by atoms with Crippen molar-refractivity contribution in [2.75, 3.05) is 30.4 Å². The number of anilines is 2. The van der Waals surface area contributed by atoms with Crippen molar-refractivity contribution in [1.29, 1.82) is 5.26 Å². The lowest BCUT2D eigenvalue weighted by Crippen LogP contribution is -2.23. The van der Waals surface area contributed by atoms with Crippen LogP contribution in [0.2, 0.25) is 0 Å². The first kappa shape index (κ1) is 23.5. The van der Waals surface area contributed by atoms with E-state index in [9.17, 15) is 28.3 Å². The number of carbonyl (C=O) groups excluding carboxylic acids is 1. The number of aliphatic hydroxyl groups is 1. The summed E-state index contributed by atoms with van der Waals surface area (Å²) < 4.78 is 40.7. The Bertz CT molecular complexity index is 1180. The van der Waals surface area contributed by atoms with Crippen molar-refractivity contribution >= 4 is 17.4 Å². The minimum absolute atomic E-state index is 0.121. The van der Waals surface area contributed by atoms with Gasteiger partial charge in [-0.25, -0.2) is 4.98 Å². The number of nitrogens with zero attached hydrogens (tertiary/aromatic N) is 4. The second-order valence-corrected chi connectivity index (χ2v) is 6.84. The van der Waals surface area contributed by atoms with Crippen LogP contribution in [0.3, 0.4) is 0 Å². The molecule has 170 valence electrons. The molecule has 0 aliphatic heterocycles. The Kier molecular flexibility index (Phi) is 7.10. The molecule has 3 rings (SSSR count). The third-order valence-corrected chi connectivity index (χ3v) is 4.45. The Morgan fingerprint density at radius 3 is 2.58 bits per heavy atom. The summed E-state index contributed by atoms with van der Waals surface area (Å²) in [5, 5.41) is 21.0. The molecule has 33 heavy (non-hydrogen) atoms. The van der Waals surface area contributed by atoms with Crippen LogP contribution in [0.4, 0.5) is 24.7 Å². The van der Waals surface area contributed by atoms with Gasteiger partial charge in [0, 0.05) is 49.0 Å². The number of hydrogen-bond acceptors (Lipinski definition) is 7. The standard InChI is InChI=1S/C22H18F3N5O3/c1-30(6-7-31)20-19(15-8-14(10-26)11-27-12-15)9-16(13-28-20)21(32)29-17-2-4-18(5-3-17)33-22(23,24)25/h2-5,8-9,11-13,31H,6-7H2,1H3,(H,29,32). The molecule has 2 heterocycles. The van der Waals surface area contributed by atoms with Crippen LogP contribution in [0, 0.1) is 11.3 Å². The first-order chi connectivity index (χ1) is 15.7. The largest absolute Gasteiger partial charge is 0.573 e. The number of halogens is 3. The van der Waals surface area contributed by atoms with E-state index in [1.807, 2.05) is 6.07 Å². The van der Waals surface area contributed by atoms with Gasteiger partial charge in [0.05, 0.1) is 17.7 Å². The highest BCUT2D eigenvalue weighted by atomic mass is 19.4. The molecule has 0 saturated heterocycles. The molecule has 3 aromatic rings. The third-order valence-electron chi connectivity index (χ3n) is 4.45. The predicted molar refractivity (Wildman–Crippen MR) is 114 cm³/mol. The summed E-state index contributed by atoms with van der Waals surface area (Å²) in [6.07, 6.45) is -0.549. The molecule has 2 aromatic heterocycles. The fourth-order valence-corrected chi connectivity index (χ4v) is 2.95. The zero-order chi connectivity index (χ0) is 24.0. The van der Waals surface area contributed by atoms with E-state index in [1.54, 1.807) is 24.1 Å². The highest BCUT2D eigenvalue weighted by Gasteiger charge is 2.31. The predicted octanol–water partition coefficient (Wildman–Crippen LogP) is 3.59. The summed E-state index contributed by atoms with van der Waals surface area (Å²) in [6.45, 7) is 0.160. The molecule has 0 radical (unpaired) electrons. The summed E-state index contributed by atoms with van der Waals surface area (Å²) in [5.41, 5.74) is 1.80. The first-order valence-electron chi connectivity index (χ1n) is 9.55. The molecule has 0 aliphatic rings. The molecule has 8 nitrogen and oxygen atoms in total. The van der Waals surface area contributed by atoms with Gasteiger partial charge in [-0.3, -0.25) is 9.78 Å². The van der Waals surface area contributed by atoms with Crippen LogP contribution in [0.5, 0.6) is 5.75 Å². The van der Waals surface area contributed by atoms with Gasteiger partial charge in [-0.1, -0.05) is 0 Å². The number of hydrogen-bond donors (Lipinski definition) is 2. The molecule has 0 spiro atoms. The number of alkyl halides is 3. The number of aromatic nitrogens is 2. The topological polar surface area (TPSA) is 111 Å². The first-order valence-corrected chi connectivity index (χ1v) is 9.55. The molecule has 0 atom stereocenters. The van der Waals surface area contributed by atoms with Gasteiger partial charge in [-0.2, -0.15) is 5.26 Å². The number of likely N-dealkylation sites (N-methyl/N-ethyl adjacent to an activating group) is 1. The van der Waals surface area contributed by atoms with Gasteiger partial charge in [0.25, 0.3) is 5.91 Å². The molecule has 1 aromatic carbocycles. The maximum absolute atomic E-state index is 12.8. The Labute approximate surface area is 186 Å². The second-order valence-electron chi connectivity index (χ2n) is 6.84. The monoisotopic (exact) mass is 457 g/mol. The molecule has 0 unspecified atom stereocenters. The average Bonchev–Trinajstić information content (AvgIpc) is 2.79. The zero-order valence-corrected chi connectivity index (χ0v) is 17.3. The summed E-state index contributed by atoms with van der Waals surface area (Å²) in [6, 6.07) is 9.88. The van der Waals surface area contributed by atoms with E-state index in [0.29, 0.717) is 22.5 Å². The van der Waals surface area contributed by atoms with Crippen molar-refractivity contribution in [3.05, 3.63) is 66.1 Å². The zero-order valence-electron chi connectivity index (χ0n) is 17.3. The van der Waals surface area contributed by atoms with E-state index in [1.165, 1.54) is 30.7 Å². The van der Waals surface area contributed by atoms with Crippen LogP contribution in [-0.4, -0.2) is 47.5 Å². The Balaban J connectivity index is 1.90. The normalized spacial score (nSPS) is 10.9. The van der Waals surface area contributed by atoms with Crippen LogP contribution < -0.4 is 15.0 Å². The Morgan fingerprint density at radius 1 is 1.21 bits per heavy atom. The molecule has 0 bridgehead atoms. The van der Waals surface area contributed by atoms with Gasteiger partial charge in [-0.15, -0.1) is 13.2 Å². The number of rotatable bonds is 7. The van der Waals surface area contributed by atoms with Crippen molar-refractivity contribution in [2.45, 2.75) is 6.36 Å². The second kappa shape index (κ2) is 9.97. The number of aliphatic hydroxyl groups excluding tert-OH is 1. The number of nitrogens with one attached hydrogen (secondary N) is 1. The van der Waals surface area contributed by atoms with E-state index in [-0.39, 0.29) is 24.4 Å². The van der Waals surface area contributed by atoms with Crippen molar-refractivity contribution in [3.8, 4) is 22.9 Å². The lowest BCUT2D eigenvalue weighted by Gasteiger charge is -2.21. The SMILES string of the molecule is CN(CCO)c1ncc(C(=O)Nc2ccc(OC(F)(F)F)cc2)cc1-c1cncc(C#N)c1. The van der Waals surface area contributed by atoms with Crippen molar-refractivity contribution in [2.24, 2.45) is 0 Å². The smallest absolute Gasteiger partial charge is 0.406 e. The van der Waals surface area contributed by atoms with Crippen molar-refractivity contribution in [1.82, 2.24) is 9.97 Å². The summed E-state index contributed by atoms with van der Waals surface area (Å²) in [7, 11) is 1.72. The molecule has 1 amide bonds. The number of nitriles is 1. The Hall–Kier alpha value is -4.17. The number of ether oxygens (including phenoxy) is 1. The molecule has 2 N–H and O–H groups in total. The number of pyridine rings is 2. The fraction of sp³-hybridized carbons (Fsp3) is 0.182. The van der Waals surface area contributed by atoms with Gasteiger partial charge in [0.15, 0.2) is 0 Å². The van der Waals surface area contributed by atoms with Crippen LogP contribution in [0.1, 0.15) is 15.9 Å². The maximum Gasteiger partial charge on any atom is 0.573 e. The van der Waals surface area contributed by atoms with Gasteiger partial charge in [0.1, 0.15) is 17.6 Å². The third kappa shape index (κ3) is 6.18. The molecular formula is C22H18F3N5O3. The molecule has 0 saturated carbocycles. The summed E-state index contributed by atoms with van der Waals surface area (Å²) in [4.78, 5) is 22.8. The summed E-state index contributed by atoms with van der Waals surface area (Å²) in [5.74, 6) is -0.495. The van der Waals surface area contributed by atoms with E-state index in [4.69, 9.17) is 0 Å². The molecule has 11 heteroatoms. The van der Waals surface area contributed by atoms with Gasteiger partial charge < -0.3 is 20.1 Å². The lowest BCUT2D eigenvalue weighted by molar-refractivity contribution is -0.274. The van der Waals surface area contributed by atoms with Crippen LogP contribution in [0.15, 0.2) is 55.0 Å². The average molecular weight is 457 g/mol. The highest BCUT2D eigenvalue weighted by Crippen LogP contribution is 2.30. The van der Waals surface area contributed by atoms with E-state index in [0.717, 1.165) is 12.1 Å². The number of amides is 1. The van der Waals surface area contributed by atoms with E-state index in [2.05, 4.69) is 20.0 Å². The fourth-order valence-electron chi connectivity index (χ4n) is 2.95. The van der Waals surface area contributed by atoms with Crippen LogP contribution in [-0.2, 0) is 0 Å². The molecule has 0 fully saturated rings. The van der Waals surface area contributed by atoms with E-state index >= 15 is 0 Å². The highest BCUT2D eigenvalue weighted by molar-refractivity contribution is 6.05. The molecular weight excluding hydrogens is 439 g/mol. The van der Waals surface area contributed by atoms with Gasteiger partial charge >= 0.3 is 6.36 Å². The maximum atomic E-state index is 12.8. The Morgan fingerprint density at radius 2 is 1.94 bits per heavy atom. The number of benzene rings is 1. The van der Waals surface area contributed by atoms with Crippen LogP contribution in [0.25, 0.3) is 11.1 Å². The quantitative estimate of drug-likeness (QED) is 0.558. The summed E-state index contributed by atoms with van der Waals surface area (Å²) >= 11 is 0. The number of carbonyl (C=O) groups is 1. The minimum Gasteiger partial charge on any atom is -0.406 e. The van der Waals surface area contributed by atoms with Crippen LogP contribution >= 0.6 is 0 Å². The lowest BCUT2D eigenvalue weighted by atomic mass is 10.0. The van der Waals surface area contributed by atoms with Gasteiger partial charge in [0.2, 0.25) is 0 Å². The minimum atomic E-state index is -4.81. The van der Waals surface area contributed by atoms with Crippen molar-refractivity contribution < 1.29 is 27.8 Å². The molecule has 0 aliphatic carbocycles. The van der Waals surface area contributed by atoms with Gasteiger partial charge in [-0.05, 0) is 36.4 Å².